The minimum absolute atomic E-state index is 0.0509. The summed E-state index contributed by atoms with van der Waals surface area (Å²) in [6.07, 6.45) is 7.44. The molecule has 1 aliphatic rings. The standard InChI is InChI=1S/C15H21N3O3/c19-13-7-6-12(9-17-13)15(21)18-10-14(20)16-8-11-4-2-1-3-5-11/h6-7,9,11H,1-5,8,10H2,(H,16,20)(H,17,19)(H,18,21). The van der Waals surface area contributed by atoms with E-state index < -0.39 is 0 Å². The van der Waals surface area contributed by atoms with E-state index in [0.717, 1.165) is 0 Å². The number of aromatic nitrogens is 1. The highest BCUT2D eigenvalue weighted by Gasteiger charge is 2.14. The zero-order valence-electron chi connectivity index (χ0n) is 12.0. The van der Waals surface area contributed by atoms with Gasteiger partial charge >= 0.3 is 0 Å². The lowest BCUT2D eigenvalue weighted by Crippen LogP contribution is -2.39. The molecule has 1 aliphatic carbocycles. The predicted molar refractivity (Wildman–Crippen MR) is 79.0 cm³/mol. The van der Waals surface area contributed by atoms with E-state index in [1.807, 2.05) is 0 Å². The molecule has 2 amide bonds. The highest BCUT2D eigenvalue weighted by molar-refractivity contribution is 5.96. The number of hydrogen-bond donors (Lipinski definition) is 3. The van der Waals surface area contributed by atoms with E-state index in [9.17, 15) is 14.4 Å². The zero-order valence-corrected chi connectivity index (χ0v) is 12.0. The van der Waals surface area contributed by atoms with Gasteiger partial charge in [-0.15, -0.1) is 0 Å². The summed E-state index contributed by atoms with van der Waals surface area (Å²) in [6, 6.07) is 2.70. The van der Waals surface area contributed by atoms with Crippen LogP contribution in [0.3, 0.4) is 0 Å². The number of aromatic amines is 1. The lowest BCUT2D eigenvalue weighted by molar-refractivity contribution is -0.120. The van der Waals surface area contributed by atoms with E-state index in [-0.39, 0.29) is 23.9 Å². The van der Waals surface area contributed by atoms with E-state index in [0.29, 0.717) is 18.0 Å². The molecular formula is C15H21N3O3. The topological polar surface area (TPSA) is 91.1 Å². The number of H-pyrrole nitrogens is 1. The van der Waals surface area contributed by atoms with Gasteiger partial charge in [-0.3, -0.25) is 14.4 Å². The van der Waals surface area contributed by atoms with E-state index in [1.54, 1.807) is 0 Å². The molecule has 6 nitrogen and oxygen atoms in total. The number of hydrogen-bond acceptors (Lipinski definition) is 3. The molecule has 0 unspecified atom stereocenters. The Morgan fingerprint density at radius 1 is 1.14 bits per heavy atom. The second-order valence-electron chi connectivity index (χ2n) is 5.43. The van der Waals surface area contributed by atoms with E-state index in [2.05, 4.69) is 15.6 Å². The molecule has 21 heavy (non-hydrogen) atoms. The molecule has 3 N–H and O–H groups in total. The second kappa shape index (κ2) is 7.61. The largest absolute Gasteiger partial charge is 0.354 e. The maximum atomic E-state index is 11.8. The summed E-state index contributed by atoms with van der Waals surface area (Å²) in [6.45, 7) is 0.637. The summed E-state index contributed by atoms with van der Waals surface area (Å²) in [4.78, 5) is 36.8. The smallest absolute Gasteiger partial charge is 0.253 e. The molecular weight excluding hydrogens is 270 g/mol. The molecule has 0 aromatic carbocycles. The first-order chi connectivity index (χ1) is 10.1. The van der Waals surface area contributed by atoms with Crippen LogP contribution in [0.1, 0.15) is 42.5 Å². The summed E-state index contributed by atoms with van der Waals surface area (Å²) in [5.41, 5.74) is 0.0615. The van der Waals surface area contributed by atoms with Crippen molar-refractivity contribution in [1.29, 1.82) is 0 Å². The zero-order chi connectivity index (χ0) is 15.1. The maximum Gasteiger partial charge on any atom is 0.253 e. The van der Waals surface area contributed by atoms with Crippen molar-refractivity contribution in [1.82, 2.24) is 15.6 Å². The normalized spacial score (nSPS) is 15.4. The average Bonchev–Trinajstić information content (AvgIpc) is 2.52. The van der Waals surface area contributed by atoms with Crippen LogP contribution in [-0.2, 0) is 4.79 Å². The second-order valence-corrected chi connectivity index (χ2v) is 5.43. The van der Waals surface area contributed by atoms with E-state index in [4.69, 9.17) is 0 Å². The third-order valence-corrected chi connectivity index (χ3v) is 3.77. The number of carbonyl (C=O) groups is 2. The minimum atomic E-state index is -0.376. The van der Waals surface area contributed by atoms with Crippen LogP contribution in [0.2, 0.25) is 0 Å². The van der Waals surface area contributed by atoms with Gasteiger partial charge in [-0.05, 0) is 24.8 Å². The lowest BCUT2D eigenvalue weighted by Gasteiger charge is -2.21. The van der Waals surface area contributed by atoms with Gasteiger partial charge in [0.1, 0.15) is 0 Å². The van der Waals surface area contributed by atoms with Crippen LogP contribution in [0.5, 0.6) is 0 Å². The van der Waals surface area contributed by atoms with Crippen molar-refractivity contribution in [3.05, 3.63) is 34.2 Å². The Morgan fingerprint density at radius 3 is 2.57 bits per heavy atom. The molecule has 0 radical (unpaired) electrons. The van der Waals surface area contributed by atoms with Crippen molar-refractivity contribution in [3.63, 3.8) is 0 Å². The van der Waals surface area contributed by atoms with Crippen LogP contribution in [-0.4, -0.2) is 29.9 Å². The first-order valence-corrected chi connectivity index (χ1v) is 7.39. The van der Waals surface area contributed by atoms with Gasteiger partial charge in [0.05, 0.1) is 12.1 Å². The first-order valence-electron chi connectivity index (χ1n) is 7.39. The molecule has 0 bridgehead atoms. The summed E-state index contributed by atoms with van der Waals surface area (Å²) in [5.74, 6) is 0.00927. The molecule has 0 spiro atoms. The van der Waals surface area contributed by atoms with Crippen molar-refractivity contribution in [2.24, 2.45) is 5.92 Å². The molecule has 1 aromatic heterocycles. The monoisotopic (exact) mass is 291 g/mol. The van der Waals surface area contributed by atoms with Gasteiger partial charge in [-0.2, -0.15) is 0 Å². The van der Waals surface area contributed by atoms with Crippen LogP contribution in [0.25, 0.3) is 0 Å². The van der Waals surface area contributed by atoms with Crippen LogP contribution in [0.4, 0.5) is 0 Å². The summed E-state index contributed by atoms with van der Waals surface area (Å²) in [7, 11) is 0. The van der Waals surface area contributed by atoms with E-state index in [1.165, 1.54) is 50.4 Å². The Bertz CT molecular complexity index is 527. The molecule has 0 atom stereocenters. The van der Waals surface area contributed by atoms with Gasteiger partial charge in [0.15, 0.2) is 0 Å². The molecule has 1 saturated carbocycles. The van der Waals surface area contributed by atoms with Crippen molar-refractivity contribution in [2.45, 2.75) is 32.1 Å². The van der Waals surface area contributed by atoms with E-state index >= 15 is 0 Å². The molecule has 1 aromatic rings. The van der Waals surface area contributed by atoms with Crippen molar-refractivity contribution in [3.8, 4) is 0 Å². The fourth-order valence-electron chi connectivity index (χ4n) is 2.53. The number of nitrogens with one attached hydrogen (secondary N) is 3. The number of rotatable bonds is 5. The SMILES string of the molecule is O=C(CNC(=O)c1ccc(=O)[nH]c1)NCC1CCCCC1. The van der Waals surface area contributed by atoms with Crippen molar-refractivity contribution < 1.29 is 9.59 Å². The Labute approximate surface area is 123 Å². The number of pyridine rings is 1. The molecule has 114 valence electrons. The highest BCUT2D eigenvalue weighted by Crippen LogP contribution is 2.22. The molecule has 0 aliphatic heterocycles. The Morgan fingerprint density at radius 2 is 1.90 bits per heavy atom. The van der Waals surface area contributed by atoms with Crippen LogP contribution in [0, 0.1) is 5.92 Å². The quantitative estimate of drug-likeness (QED) is 0.749. The molecule has 2 rings (SSSR count). The Kier molecular flexibility index (Phi) is 5.54. The number of carbonyl (C=O) groups excluding carboxylic acids is 2. The van der Waals surface area contributed by atoms with Gasteiger partial charge in [-0.1, -0.05) is 19.3 Å². The maximum absolute atomic E-state index is 11.8. The van der Waals surface area contributed by atoms with Gasteiger partial charge in [-0.25, -0.2) is 0 Å². The molecule has 1 heterocycles. The molecule has 0 saturated heterocycles. The van der Waals surface area contributed by atoms with Crippen LogP contribution in [0.15, 0.2) is 23.1 Å². The summed E-state index contributed by atoms with van der Waals surface area (Å²) >= 11 is 0. The first kappa shape index (κ1) is 15.3. The number of amides is 2. The predicted octanol–water partition coefficient (Wildman–Crippen LogP) is 0.801. The third kappa shape index (κ3) is 5.06. The van der Waals surface area contributed by atoms with Crippen LogP contribution >= 0.6 is 0 Å². The Balaban J connectivity index is 1.69. The molecule has 1 fully saturated rings. The lowest BCUT2D eigenvalue weighted by atomic mass is 9.89. The van der Waals surface area contributed by atoms with Gasteiger partial charge < -0.3 is 15.6 Å². The fourth-order valence-corrected chi connectivity index (χ4v) is 2.53. The van der Waals surface area contributed by atoms with Gasteiger partial charge in [0.2, 0.25) is 11.5 Å². The van der Waals surface area contributed by atoms with Gasteiger partial charge in [0, 0.05) is 18.8 Å². The summed E-state index contributed by atoms with van der Waals surface area (Å²) < 4.78 is 0. The van der Waals surface area contributed by atoms with Gasteiger partial charge in [0.25, 0.3) is 5.91 Å². The minimum Gasteiger partial charge on any atom is -0.354 e. The van der Waals surface area contributed by atoms with Crippen LogP contribution < -0.4 is 16.2 Å². The Hall–Kier alpha value is -2.11. The average molecular weight is 291 g/mol. The summed E-state index contributed by atoms with van der Waals surface area (Å²) in [5, 5.41) is 5.39. The third-order valence-electron chi connectivity index (χ3n) is 3.77. The molecule has 6 heteroatoms. The fraction of sp³-hybridized carbons (Fsp3) is 0.533. The highest BCUT2D eigenvalue weighted by atomic mass is 16.2. The van der Waals surface area contributed by atoms with Crippen molar-refractivity contribution >= 4 is 11.8 Å². The van der Waals surface area contributed by atoms with Crippen molar-refractivity contribution in [2.75, 3.05) is 13.1 Å².